The van der Waals surface area contributed by atoms with Crippen LogP contribution in [0.4, 0.5) is 11.6 Å². The lowest BCUT2D eigenvalue weighted by Gasteiger charge is -2.33. The Hall–Kier alpha value is -2.90. The number of morpholine rings is 1. The van der Waals surface area contributed by atoms with E-state index in [1.807, 2.05) is 42.9 Å². The molecule has 1 aliphatic heterocycles. The fourth-order valence-electron chi connectivity index (χ4n) is 4.26. The Balaban J connectivity index is 1.48. The molecule has 3 aromatic rings. The minimum atomic E-state index is -0.0593. The summed E-state index contributed by atoms with van der Waals surface area (Å²) < 4.78 is 13.5. The molecule has 3 heterocycles. The van der Waals surface area contributed by atoms with Gasteiger partial charge in [-0.15, -0.1) is 0 Å². The fourth-order valence-corrected chi connectivity index (χ4v) is 4.26. The average molecular weight is 436 g/mol. The first-order valence-electron chi connectivity index (χ1n) is 11.1. The number of ether oxygens (including phenoxy) is 2. The van der Waals surface area contributed by atoms with Crippen molar-refractivity contribution in [3.05, 3.63) is 64.0 Å². The molecule has 1 fully saturated rings. The molecule has 1 unspecified atom stereocenters. The van der Waals surface area contributed by atoms with Gasteiger partial charge in [-0.1, -0.05) is 6.07 Å². The fraction of sp³-hybridized carbons (Fsp3) is 0.440. The minimum Gasteiger partial charge on any atom is -0.496 e. The Morgan fingerprint density at radius 3 is 2.66 bits per heavy atom. The summed E-state index contributed by atoms with van der Waals surface area (Å²) in [4.78, 5) is 7.27. The maximum atomic E-state index is 6.11. The third kappa shape index (κ3) is 4.64. The van der Waals surface area contributed by atoms with E-state index in [0.717, 1.165) is 48.4 Å². The molecule has 7 nitrogen and oxygen atoms in total. The first-order chi connectivity index (χ1) is 15.4. The predicted octanol–water partition coefficient (Wildman–Crippen LogP) is 4.37. The summed E-state index contributed by atoms with van der Waals surface area (Å²) in [6.45, 7) is 11.8. The van der Waals surface area contributed by atoms with Gasteiger partial charge in [0, 0.05) is 38.4 Å². The van der Waals surface area contributed by atoms with Gasteiger partial charge in [0.25, 0.3) is 0 Å². The molecule has 1 atom stereocenters. The quantitative estimate of drug-likeness (QED) is 0.620. The lowest BCUT2D eigenvalue weighted by Crippen LogP contribution is -2.38. The number of hydrogen-bond acceptors (Lipinski definition) is 6. The van der Waals surface area contributed by atoms with Crippen molar-refractivity contribution in [2.24, 2.45) is 7.05 Å². The second kappa shape index (κ2) is 9.30. The van der Waals surface area contributed by atoms with Gasteiger partial charge in [0.05, 0.1) is 19.4 Å². The third-order valence-corrected chi connectivity index (χ3v) is 6.43. The van der Waals surface area contributed by atoms with E-state index in [4.69, 9.17) is 14.5 Å². The average Bonchev–Trinajstić information content (AvgIpc) is 3.10. The molecular weight excluding hydrogens is 402 g/mol. The van der Waals surface area contributed by atoms with Gasteiger partial charge in [-0.05, 0) is 68.1 Å². The number of anilines is 2. The van der Waals surface area contributed by atoms with Gasteiger partial charge in [0.1, 0.15) is 17.7 Å². The molecule has 0 saturated carbocycles. The van der Waals surface area contributed by atoms with Crippen LogP contribution in [-0.4, -0.2) is 46.5 Å². The Labute approximate surface area is 190 Å². The van der Waals surface area contributed by atoms with Crippen LogP contribution in [0.3, 0.4) is 0 Å². The second-order valence-corrected chi connectivity index (χ2v) is 8.59. The maximum Gasteiger partial charge on any atom is 0.153 e. The molecule has 2 aromatic heterocycles. The van der Waals surface area contributed by atoms with Gasteiger partial charge >= 0.3 is 0 Å². The number of aromatic nitrogens is 3. The first-order valence-corrected chi connectivity index (χ1v) is 11.1. The lowest BCUT2D eigenvalue weighted by molar-refractivity contribution is -0.0350. The summed E-state index contributed by atoms with van der Waals surface area (Å²) in [5.41, 5.74) is 7.18. The van der Waals surface area contributed by atoms with E-state index in [-0.39, 0.29) is 6.10 Å². The summed E-state index contributed by atoms with van der Waals surface area (Å²) in [5.74, 6) is 2.53. The second-order valence-electron chi connectivity index (χ2n) is 8.59. The van der Waals surface area contributed by atoms with Crippen LogP contribution < -0.4 is 10.1 Å². The van der Waals surface area contributed by atoms with E-state index >= 15 is 0 Å². The number of nitrogens with one attached hydrogen (secondary N) is 1. The van der Waals surface area contributed by atoms with Crippen molar-refractivity contribution in [2.75, 3.05) is 32.1 Å². The number of hydrogen-bond donors (Lipinski definition) is 1. The van der Waals surface area contributed by atoms with Gasteiger partial charge < -0.3 is 14.8 Å². The van der Waals surface area contributed by atoms with Gasteiger partial charge in [0.2, 0.25) is 0 Å². The van der Waals surface area contributed by atoms with Crippen molar-refractivity contribution in [3.63, 3.8) is 0 Å². The molecule has 7 heteroatoms. The van der Waals surface area contributed by atoms with E-state index in [1.54, 1.807) is 7.11 Å². The highest BCUT2D eigenvalue weighted by molar-refractivity contribution is 5.52. The van der Waals surface area contributed by atoms with Crippen LogP contribution in [-0.2, 0) is 18.3 Å². The molecule has 32 heavy (non-hydrogen) atoms. The maximum absolute atomic E-state index is 6.11. The van der Waals surface area contributed by atoms with Gasteiger partial charge in [-0.25, -0.2) is 4.98 Å². The SMILES string of the molecule is COc1cc(C)c(CN2CCOC(c3cccc(Nc4cc(C)n(C)n4)n3)C2)c(C)c1C. The number of methoxy groups -OCH3 is 1. The molecule has 0 spiro atoms. The van der Waals surface area contributed by atoms with Crippen LogP contribution in [0.5, 0.6) is 5.75 Å². The standard InChI is InChI=1S/C25H33N5O2/c1-16-12-22(31-6)19(4)18(3)20(16)14-30-10-11-32-23(15-30)21-8-7-9-24(26-21)27-25-13-17(2)29(5)28-25/h7-9,12-13,23H,10-11,14-15H2,1-6H3,(H,26,27,28). The minimum absolute atomic E-state index is 0.0593. The monoisotopic (exact) mass is 435 g/mol. The third-order valence-electron chi connectivity index (χ3n) is 6.43. The van der Waals surface area contributed by atoms with E-state index in [1.165, 1.54) is 22.3 Å². The van der Waals surface area contributed by atoms with Crippen LogP contribution in [0.15, 0.2) is 30.3 Å². The molecule has 1 aromatic carbocycles. The lowest BCUT2D eigenvalue weighted by atomic mass is 9.96. The van der Waals surface area contributed by atoms with Crippen molar-refractivity contribution < 1.29 is 9.47 Å². The van der Waals surface area contributed by atoms with Crippen LogP contribution in [0, 0.1) is 27.7 Å². The molecule has 0 aliphatic carbocycles. The Morgan fingerprint density at radius 2 is 1.94 bits per heavy atom. The van der Waals surface area contributed by atoms with Gasteiger partial charge in [-0.2, -0.15) is 5.10 Å². The highest BCUT2D eigenvalue weighted by Crippen LogP contribution is 2.30. The number of benzene rings is 1. The molecule has 1 aliphatic rings. The van der Waals surface area contributed by atoms with Crippen LogP contribution in [0.1, 0.15) is 39.7 Å². The van der Waals surface area contributed by atoms with Crippen molar-refractivity contribution in [1.29, 1.82) is 0 Å². The molecule has 1 N–H and O–H groups in total. The first kappa shape index (κ1) is 22.3. The predicted molar refractivity (Wildman–Crippen MR) is 127 cm³/mol. The molecule has 1 saturated heterocycles. The molecule has 0 radical (unpaired) electrons. The Bertz CT molecular complexity index is 1090. The molecule has 0 amide bonds. The number of nitrogens with zero attached hydrogens (tertiary/aromatic N) is 4. The Kier molecular flexibility index (Phi) is 6.48. The van der Waals surface area contributed by atoms with Crippen molar-refractivity contribution in [1.82, 2.24) is 19.7 Å². The van der Waals surface area contributed by atoms with E-state index in [0.29, 0.717) is 6.61 Å². The zero-order valence-electron chi connectivity index (χ0n) is 19.9. The summed E-state index contributed by atoms with van der Waals surface area (Å²) in [6.07, 6.45) is -0.0593. The largest absolute Gasteiger partial charge is 0.496 e. The summed E-state index contributed by atoms with van der Waals surface area (Å²) in [5, 5.41) is 7.76. The molecule has 0 bridgehead atoms. The summed E-state index contributed by atoms with van der Waals surface area (Å²) in [7, 11) is 3.67. The smallest absolute Gasteiger partial charge is 0.153 e. The van der Waals surface area contributed by atoms with E-state index in [2.05, 4.69) is 42.2 Å². The van der Waals surface area contributed by atoms with E-state index in [9.17, 15) is 0 Å². The zero-order valence-corrected chi connectivity index (χ0v) is 19.9. The van der Waals surface area contributed by atoms with Crippen LogP contribution in [0.2, 0.25) is 0 Å². The number of rotatable bonds is 6. The topological polar surface area (TPSA) is 64.4 Å². The van der Waals surface area contributed by atoms with Crippen molar-refractivity contribution >= 4 is 11.6 Å². The van der Waals surface area contributed by atoms with Gasteiger partial charge in [0.15, 0.2) is 5.82 Å². The highest BCUT2D eigenvalue weighted by Gasteiger charge is 2.24. The zero-order chi connectivity index (χ0) is 22.8. The van der Waals surface area contributed by atoms with Gasteiger partial charge in [-0.3, -0.25) is 9.58 Å². The van der Waals surface area contributed by atoms with Crippen LogP contribution >= 0.6 is 0 Å². The normalized spacial score (nSPS) is 16.9. The highest BCUT2D eigenvalue weighted by atomic mass is 16.5. The Morgan fingerprint density at radius 1 is 1.12 bits per heavy atom. The van der Waals surface area contributed by atoms with Crippen molar-refractivity contribution in [2.45, 2.75) is 40.3 Å². The number of aryl methyl sites for hydroxylation is 3. The van der Waals surface area contributed by atoms with Crippen LogP contribution in [0.25, 0.3) is 0 Å². The summed E-state index contributed by atoms with van der Waals surface area (Å²) >= 11 is 0. The molecule has 4 rings (SSSR count). The molecular formula is C25H33N5O2. The van der Waals surface area contributed by atoms with E-state index < -0.39 is 0 Å². The number of pyridine rings is 1. The molecule has 170 valence electrons. The van der Waals surface area contributed by atoms with Crippen molar-refractivity contribution in [3.8, 4) is 5.75 Å². The summed E-state index contributed by atoms with van der Waals surface area (Å²) in [6, 6.07) is 10.2.